The van der Waals surface area contributed by atoms with Gasteiger partial charge in [0.25, 0.3) is 0 Å². The summed E-state index contributed by atoms with van der Waals surface area (Å²) in [5.41, 5.74) is -0.398. The maximum absolute atomic E-state index is 11.7. The summed E-state index contributed by atoms with van der Waals surface area (Å²) in [4.78, 5) is 14.8. The normalized spacial score (nSPS) is 17.1. The predicted molar refractivity (Wildman–Crippen MR) is 64.9 cm³/mol. The Morgan fingerprint density at radius 1 is 1.50 bits per heavy atom. The van der Waals surface area contributed by atoms with Crippen LogP contribution in [0, 0.1) is 0 Å². The number of thiophene rings is 1. The minimum atomic E-state index is -0.398. The van der Waals surface area contributed by atoms with Crippen molar-refractivity contribution in [2.45, 2.75) is 32.3 Å². The largest absolute Gasteiger partial charge is 0.444 e. The molecule has 4 heteroatoms. The van der Waals surface area contributed by atoms with E-state index in [-0.39, 0.29) is 6.09 Å². The number of ether oxygens (including phenoxy) is 1. The van der Waals surface area contributed by atoms with Gasteiger partial charge in [0.2, 0.25) is 0 Å². The Balaban J connectivity index is 1.82. The first-order valence-corrected chi connectivity index (χ1v) is 6.35. The number of hydrogen-bond donors (Lipinski definition) is 0. The maximum Gasteiger partial charge on any atom is 0.410 e. The molecule has 0 atom stereocenters. The van der Waals surface area contributed by atoms with E-state index in [1.165, 1.54) is 4.88 Å². The summed E-state index contributed by atoms with van der Waals surface area (Å²) in [6, 6.07) is 4.18. The lowest BCUT2D eigenvalue weighted by atomic mass is 9.99. The fraction of sp³-hybridized carbons (Fsp3) is 0.583. The van der Waals surface area contributed by atoms with Gasteiger partial charge in [-0.3, -0.25) is 0 Å². The van der Waals surface area contributed by atoms with Crippen LogP contribution in [0.3, 0.4) is 0 Å². The second-order valence-electron chi connectivity index (χ2n) is 5.10. The number of carbonyl (C=O) groups excluding carboxylic acids is 1. The molecular formula is C12H17NO2S. The van der Waals surface area contributed by atoms with Crippen molar-refractivity contribution >= 4 is 17.4 Å². The maximum atomic E-state index is 11.7. The molecule has 88 valence electrons. The molecule has 16 heavy (non-hydrogen) atoms. The van der Waals surface area contributed by atoms with Crippen molar-refractivity contribution in [1.82, 2.24) is 4.90 Å². The fourth-order valence-corrected chi connectivity index (χ4v) is 2.47. The summed E-state index contributed by atoms with van der Waals surface area (Å²) in [5, 5.41) is 2.07. The first-order valence-electron chi connectivity index (χ1n) is 5.47. The first kappa shape index (κ1) is 11.5. The van der Waals surface area contributed by atoms with Crippen LogP contribution < -0.4 is 0 Å². The standard InChI is InChI=1S/C12H17NO2S/c1-12(2,3)15-11(14)13-7-9(8-13)10-5-4-6-16-10/h4-6,9H,7-8H2,1-3H3. The smallest absolute Gasteiger partial charge is 0.410 e. The van der Waals surface area contributed by atoms with Crippen molar-refractivity contribution in [1.29, 1.82) is 0 Å². The molecule has 0 aliphatic carbocycles. The third kappa shape index (κ3) is 2.55. The zero-order chi connectivity index (χ0) is 11.8. The van der Waals surface area contributed by atoms with Gasteiger partial charge in [0.05, 0.1) is 0 Å². The van der Waals surface area contributed by atoms with Gasteiger partial charge >= 0.3 is 6.09 Å². The molecule has 3 nitrogen and oxygen atoms in total. The fourth-order valence-electron chi connectivity index (χ4n) is 1.66. The Kier molecular flexibility index (Phi) is 2.93. The van der Waals surface area contributed by atoms with E-state index < -0.39 is 5.60 Å². The third-order valence-electron chi connectivity index (χ3n) is 2.48. The first-order chi connectivity index (χ1) is 7.46. The molecular weight excluding hydrogens is 222 g/mol. The van der Waals surface area contributed by atoms with Gasteiger partial charge in [-0.25, -0.2) is 4.79 Å². The van der Waals surface area contributed by atoms with Crippen LogP contribution in [-0.4, -0.2) is 29.7 Å². The minimum Gasteiger partial charge on any atom is -0.444 e. The van der Waals surface area contributed by atoms with Crippen molar-refractivity contribution in [2.24, 2.45) is 0 Å². The molecule has 0 bridgehead atoms. The van der Waals surface area contributed by atoms with Crippen molar-refractivity contribution < 1.29 is 9.53 Å². The van der Waals surface area contributed by atoms with Crippen LogP contribution in [0.4, 0.5) is 4.79 Å². The second kappa shape index (κ2) is 4.09. The molecule has 1 aromatic rings. The van der Waals surface area contributed by atoms with E-state index in [0.29, 0.717) is 5.92 Å². The summed E-state index contributed by atoms with van der Waals surface area (Å²) >= 11 is 1.75. The van der Waals surface area contributed by atoms with E-state index in [9.17, 15) is 4.79 Å². The van der Waals surface area contributed by atoms with Crippen LogP contribution >= 0.6 is 11.3 Å². The van der Waals surface area contributed by atoms with Crippen LogP contribution in [0.25, 0.3) is 0 Å². The molecule has 1 aliphatic heterocycles. The molecule has 0 N–H and O–H groups in total. The van der Waals surface area contributed by atoms with E-state index in [1.54, 1.807) is 16.2 Å². The number of likely N-dealkylation sites (tertiary alicyclic amines) is 1. The van der Waals surface area contributed by atoms with Gasteiger partial charge in [-0.1, -0.05) is 6.07 Å². The van der Waals surface area contributed by atoms with Gasteiger partial charge in [0.15, 0.2) is 0 Å². The molecule has 0 spiro atoms. The molecule has 0 radical (unpaired) electrons. The Morgan fingerprint density at radius 2 is 2.19 bits per heavy atom. The number of amides is 1. The summed E-state index contributed by atoms with van der Waals surface area (Å²) < 4.78 is 5.30. The quantitative estimate of drug-likeness (QED) is 0.753. The molecule has 1 saturated heterocycles. The lowest BCUT2D eigenvalue weighted by Gasteiger charge is -2.39. The van der Waals surface area contributed by atoms with Crippen LogP contribution in [0.2, 0.25) is 0 Å². The van der Waals surface area contributed by atoms with E-state index in [2.05, 4.69) is 17.5 Å². The van der Waals surface area contributed by atoms with Crippen molar-refractivity contribution in [3.05, 3.63) is 22.4 Å². The van der Waals surface area contributed by atoms with Gasteiger partial charge in [-0.15, -0.1) is 11.3 Å². The second-order valence-corrected chi connectivity index (χ2v) is 6.08. The van der Waals surface area contributed by atoms with E-state index >= 15 is 0 Å². The molecule has 1 aliphatic rings. The van der Waals surface area contributed by atoms with Crippen molar-refractivity contribution in [3.63, 3.8) is 0 Å². The number of rotatable bonds is 1. The Bertz CT molecular complexity index is 361. The molecule has 2 rings (SSSR count). The van der Waals surface area contributed by atoms with Crippen molar-refractivity contribution in [2.75, 3.05) is 13.1 Å². The Morgan fingerprint density at radius 3 is 2.69 bits per heavy atom. The van der Waals surface area contributed by atoms with E-state index in [1.807, 2.05) is 20.8 Å². The SMILES string of the molecule is CC(C)(C)OC(=O)N1CC(c2cccs2)C1. The molecule has 0 unspecified atom stereocenters. The molecule has 0 aromatic carbocycles. The Hall–Kier alpha value is -1.03. The summed E-state index contributed by atoms with van der Waals surface area (Å²) in [5.74, 6) is 0.507. The zero-order valence-electron chi connectivity index (χ0n) is 9.90. The highest BCUT2D eigenvalue weighted by Gasteiger charge is 2.34. The average molecular weight is 239 g/mol. The number of carbonyl (C=O) groups is 1. The summed E-state index contributed by atoms with van der Waals surface area (Å²) in [6.45, 7) is 7.25. The zero-order valence-corrected chi connectivity index (χ0v) is 10.7. The summed E-state index contributed by atoms with van der Waals surface area (Å²) in [6.07, 6.45) is -0.194. The van der Waals surface area contributed by atoms with E-state index in [0.717, 1.165) is 13.1 Å². The minimum absolute atomic E-state index is 0.194. The predicted octanol–water partition coefficient (Wildman–Crippen LogP) is 3.08. The lowest BCUT2D eigenvalue weighted by molar-refractivity contribution is 0.00847. The number of hydrogen-bond acceptors (Lipinski definition) is 3. The number of nitrogens with zero attached hydrogens (tertiary/aromatic N) is 1. The van der Waals surface area contributed by atoms with Crippen LogP contribution in [0.15, 0.2) is 17.5 Å². The van der Waals surface area contributed by atoms with Crippen LogP contribution in [0.1, 0.15) is 31.6 Å². The topological polar surface area (TPSA) is 29.5 Å². The van der Waals surface area contributed by atoms with E-state index in [4.69, 9.17) is 4.74 Å². The lowest BCUT2D eigenvalue weighted by Crippen LogP contribution is -2.50. The molecule has 1 amide bonds. The van der Waals surface area contributed by atoms with Gasteiger partial charge in [-0.2, -0.15) is 0 Å². The van der Waals surface area contributed by atoms with Gasteiger partial charge in [0, 0.05) is 23.9 Å². The summed E-state index contributed by atoms with van der Waals surface area (Å²) in [7, 11) is 0. The third-order valence-corrected chi connectivity index (χ3v) is 3.51. The molecule has 2 heterocycles. The molecule has 1 fully saturated rings. The average Bonchev–Trinajstić information content (AvgIpc) is 2.49. The highest BCUT2D eigenvalue weighted by Crippen LogP contribution is 2.31. The van der Waals surface area contributed by atoms with Gasteiger partial charge < -0.3 is 9.64 Å². The van der Waals surface area contributed by atoms with Crippen LogP contribution in [-0.2, 0) is 4.74 Å². The monoisotopic (exact) mass is 239 g/mol. The van der Waals surface area contributed by atoms with Gasteiger partial charge in [-0.05, 0) is 32.2 Å². The van der Waals surface area contributed by atoms with Crippen LogP contribution in [0.5, 0.6) is 0 Å². The Labute approximate surface area is 100 Å². The molecule has 1 aromatic heterocycles. The van der Waals surface area contributed by atoms with Gasteiger partial charge in [0.1, 0.15) is 5.60 Å². The molecule has 0 saturated carbocycles. The highest BCUT2D eigenvalue weighted by molar-refractivity contribution is 7.10. The highest BCUT2D eigenvalue weighted by atomic mass is 32.1. The van der Waals surface area contributed by atoms with Crippen molar-refractivity contribution in [3.8, 4) is 0 Å².